The van der Waals surface area contributed by atoms with E-state index in [1.54, 1.807) is 46.8 Å². The first-order chi connectivity index (χ1) is 11.5. The molecule has 5 nitrogen and oxygen atoms in total. The smallest absolute Gasteiger partial charge is 0.341 e. The fourth-order valence-electron chi connectivity index (χ4n) is 2.33. The Morgan fingerprint density at radius 3 is 2.24 bits per heavy atom. The predicted octanol–water partition coefficient (Wildman–Crippen LogP) is 4.35. The number of rotatable bonds is 3. The molecule has 0 bridgehead atoms. The summed E-state index contributed by atoms with van der Waals surface area (Å²) in [5.74, 6) is -0.876. The first-order valence-electron chi connectivity index (χ1n) is 7.86. The van der Waals surface area contributed by atoms with Crippen molar-refractivity contribution in [1.82, 2.24) is 0 Å². The van der Waals surface area contributed by atoms with Crippen LogP contribution in [0.2, 0.25) is 0 Å². The highest BCUT2D eigenvalue weighted by molar-refractivity contribution is 5.97. The molecule has 0 aliphatic rings. The van der Waals surface area contributed by atoms with Crippen LogP contribution >= 0.6 is 0 Å². The maximum absolute atomic E-state index is 14.3. The van der Waals surface area contributed by atoms with E-state index in [1.165, 1.54) is 12.1 Å². The molecule has 134 valence electrons. The lowest BCUT2D eigenvalue weighted by Gasteiger charge is -2.22. The van der Waals surface area contributed by atoms with E-state index in [1.807, 2.05) is 0 Å². The van der Waals surface area contributed by atoms with Crippen molar-refractivity contribution in [3.63, 3.8) is 0 Å². The Bertz CT molecular complexity index is 826. The second kappa shape index (κ2) is 6.63. The Hall–Kier alpha value is -2.76. The van der Waals surface area contributed by atoms with Crippen molar-refractivity contribution in [3.05, 3.63) is 46.8 Å². The van der Waals surface area contributed by atoms with Crippen LogP contribution in [0.5, 0.6) is 11.5 Å². The highest BCUT2D eigenvalue weighted by atomic mass is 19.1. The third kappa shape index (κ3) is 4.02. The van der Waals surface area contributed by atoms with Gasteiger partial charge < -0.3 is 20.9 Å². The van der Waals surface area contributed by atoms with E-state index in [0.29, 0.717) is 16.9 Å². The summed E-state index contributed by atoms with van der Waals surface area (Å²) >= 11 is 0. The standard InChI is InChI=1S/C19H23FN2O3/c1-10-6-7-13(22)16(20)17(10)24-14-9-8-12(21)15(11(14)2)18(23)25-19(3,4)5/h6-9H,21-22H2,1-5H3. The molecule has 4 N–H and O–H groups in total. The van der Waals surface area contributed by atoms with E-state index < -0.39 is 17.4 Å². The van der Waals surface area contributed by atoms with Gasteiger partial charge in [0.25, 0.3) is 0 Å². The molecule has 6 heteroatoms. The van der Waals surface area contributed by atoms with Gasteiger partial charge in [-0.15, -0.1) is 0 Å². The molecular formula is C19H23FN2O3. The second-order valence-electron chi connectivity index (χ2n) is 6.87. The molecule has 0 fully saturated rings. The zero-order valence-electron chi connectivity index (χ0n) is 15.1. The number of hydrogen-bond acceptors (Lipinski definition) is 5. The Labute approximate surface area is 146 Å². The Kier molecular flexibility index (Phi) is 4.92. The monoisotopic (exact) mass is 346 g/mol. The molecule has 0 spiro atoms. The summed E-state index contributed by atoms with van der Waals surface area (Å²) in [5, 5.41) is 0. The minimum Gasteiger partial charge on any atom is -0.456 e. The molecule has 0 saturated heterocycles. The number of carbonyl (C=O) groups excluding carboxylic acids is 1. The lowest BCUT2D eigenvalue weighted by atomic mass is 10.0. The molecular weight excluding hydrogens is 323 g/mol. The molecule has 2 rings (SSSR count). The molecule has 0 radical (unpaired) electrons. The zero-order chi connectivity index (χ0) is 18.9. The number of halogens is 1. The van der Waals surface area contributed by atoms with Crippen LogP contribution in [-0.4, -0.2) is 11.6 Å². The summed E-state index contributed by atoms with van der Waals surface area (Å²) in [4.78, 5) is 12.4. The Balaban J connectivity index is 2.47. The van der Waals surface area contributed by atoms with Gasteiger partial charge in [-0.3, -0.25) is 0 Å². The van der Waals surface area contributed by atoms with E-state index >= 15 is 0 Å². The van der Waals surface area contributed by atoms with E-state index in [2.05, 4.69) is 0 Å². The van der Waals surface area contributed by atoms with Crippen LogP contribution in [0.25, 0.3) is 0 Å². The molecule has 2 aromatic rings. The molecule has 2 aromatic carbocycles. The average molecular weight is 346 g/mol. The van der Waals surface area contributed by atoms with Gasteiger partial charge in [0.1, 0.15) is 11.4 Å². The van der Waals surface area contributed by atoms with Gasteiger partial charge in [-0.2, -0.15) is 0 Å². The van der Waals surface area contributed by atoms with Crippen molar-refractivity contribution in [2.75, 3.05) is 11.5 Å². The summed E-state index contributed by atoms with van der Waals surface area (Å²) in [6.45, 7) is 8.68. The maximum atomic E-state index is 14.3. The summed E-state index contributed by atoms with van der Waals surface area (Å²) < 4.78 is 25.4. The molecule has 0 aromatic heterocycles. The zero-order valence-corrected chi connectivity index (χ0v) is 15.1. The highest BCUT2D eigenvalue weighted by Crippen LogP contribution is 2.35. The van der Waals surface area contributed by atoms with Crippen molar-refractivity contribution in [3.8, 4) is 11.5 Å². The minimum absolute atomic E-state index is 0.0129. The summed E-state index contributed by atoms with van der Waals surface area (Å²) in [6, 6.07) is 6.25. The fourth-order valence-corrected chi connectivity index (χ4v) is 2.33. The summed E-state index contributed by atoms with van der Waals surface area (Å²) in [5.41, 5.74) is 12.4. The lowest BCUT2D eigenvalue weighted by molar-refractivity contribution is 0.00697. The van der Waals surface area contributed by atoms with Gasteiger partial charge in [-0.05, 0) is 58.4 Å². The van der Waals surface area contributed by atoms with Crippen LogP contribution in [0, 0.1) is 19.7 Å². The van der Waals surface area contributed by atoms with E-state index in [-0.39, 0.29) is 22.7 Å². The summed E-state index contributed by atoms with van der Waals surface area (Å²) in [6.07, 6.45) is 0. The third-order valence-corrected chi connectivity index (χ3v) is 3.59. The molecule has 0 saturated carbocycles. The van der Waals surface area contributed by atoms with Gasteiger partial charge in [0.15, 0.2) is 11.6 Å². The van der Waals surface area contributed by atoms with Crippen LogP contribution in [0.3, 0.4) is 0 Å². The van der Waals surface area contributed by atoms with Gasteiger partial charge >= 0.3 is 5.97 Å². The third-order valence-electron chi connectivity index (χ3n) is 3.59. The Morgan fingerprint density at radius 2 is 1.64 bits per heavy atom. The molecule has 0 aliphatic heterocycles. The van der Waals surface area contributed by atoms with Crippen LogP contribution in [0.4, 0.5) is 15.8 Å². The number of ether oxygens (including phenoxy) is 2. The van der Waals surface area contributed by atoms with Crippen molar-refractivity contribution in [2.24, 2.45) is 0 Å². The Morgan fingerprint density at radius 1 is 1.04 bits per heavy atom. The van der Waals surface area contributed by atoms with Crippen LogP contribution < -0.4 is 16.2 Å². The van der Waals surface area contributed by atoms with Crippen molar-refractivity contribution in [1.29, 1.82) is 0 Å². The fraction of sp³-hybridized carbons (Fsp3) is 0.316. The largest absolute Gasteiger partial charge is 0.456 e. The number of aryl methyl sites for hydroxylation is 1. The van der Waals surface area contributed by atoms with E-state index in [0.717, 1.165) is 0 Å². The second-order valence-corrected chi connectivity index (χ2v) is 6.87. The van der Waals surface area contributed by atoms with Gasteiger partial charge in [0.2, 0.25) is 0 Å². The van der Waals surface area contributed by atoms with Crippen molar-refractivity contribution >= 4 is 17.3 Å². The average Bonchev–Trinajstić information content (AvgIpc) is 2.48. The van der Waals surface area contributed by atoms with E-state index in [9.17, 15) is 9.18 Å². The minimum atomic E-state index is -0.663. The quantitative estimate of drug-likeness (QED) is 0.637. The van der Waals surface area contributed by atoms with Crippen molar-refractivity contribution < 1.29 is 18.7 Å². The maximum Gasteiger partial charge on any atom is 0.341 e. The number of anilines is 2. The lowest BCUT2D eigenvalue weighted by Crippen LogP contribution is -2.25. The first kappa shape index (κ1) is 18.6. The van der Waals surface area contributed by atoms with Gasteiger partial charge in [-0.1, -0.05) is 6.07 Å². The number of nitrogen functional groups attached to an aromatic ring is 2. The van der Waals surface area contributed by atoms with Gasteiger partial charge in [0, 0.05) is 11.3 Å². The predicted molar refractivity (Wildman–Crippen MR) is 96.4 cm³/mol. The van der Waals surface area contributed by atoms with Crippen molar-refractivity contribution in [2.45, 2.75) is 40.2 Å². The topological polar surface area (TPSA) is 87.6 Å². The van der Waals surface area contributed by atoms with Gasteiger partial charge in [-0.25, -0.2) is 9.18 Å². The van der Waals surface area contributed by atoms with Crippen LogP contribution in [-0.2, 0) is 4.74 Å². The SMILES string of the molecule is Cc1ccc(N)c(F)c1Oc1ccc(N)c(C(=O)OC(C)(C)C)c1C. The van der Waals surface area contributed by atoms with Crippen LogP contribution in [0.15, 0.2) is 24.3 Å². The number of carbonyl (C=O) groups is 1. The molecule has 0 unspecified atom stereocenters. The molecule has 0 heterocycles. The molecule has 25 heavy (non-hydrogen) atoms. The number of benzene rings is 2. The molecule has 0 amide bonds. The first-order valence-corrected chi connectivity index (χ1v) is 7.86. The number of esters is 1. The highest BCUT2D eigenvalue weighted by Gasteiger charge is 2.24. The molecule has 0 atom stereocenters. The van der Waals surface area contributed by atoms with Gasteiger partial charge in [0.05, 0.1) is 11.3 Å². The number of hydrogen-bond donors (Lipinski definition) is 2. The molecule has 0 aliphatic carbocycles. The normalized spacial score (nSPS) is 11.3. The van der Waals surface area contributed by atoms with Crippen LogP contribution in [0.1, 0.15) is 42.3 Å². The van der Waals surface area contributed by atoms with E-state index in [4.69, 9.17) is 20.9 Å². The summed E-state index contributed by atoms with van der Waals surface area (Å²) in [7, 11) is 0. The number of nitrogens with two attached hydrogens (primary N) is 2.